The van der Waals surface area contributed by atoms with Crippen molar-refractivity contribution in [3.05, 3.63) is 75.9 Å². The van der Waals surface area contributed by atoms with Crippen molar-refractivity contribution in [2.24, 2.45) is 0 Å². The van der Waals surface area contributed by atoms with Crippen LogP contribution in [0, 0.1) is 6.92 Å². The van der Waals surface area contributed by atoms with Crippen LogP contribution in [0.5, 0.6) is 5.75 Å². The lowest BCUT2D eigenvalue weighted by Gasteiger charge is -2.29. The number of nitrogens with zero attached hydrogens (tertiary/aromatic N) is 4. The van der Waals surface area contributed by atoms with Crippen molar-refractivity contribution in [2.45, 2.75) is 13.3 Å². The molecule has 0 aliphatic carbocycles. The largest absolute Gasteiger partial charge is 0.497 e. The highest BCUT2D eigenvalue weighted by atomic mass is 35.5. The quantitative estimate of drug-likeness (QED) is 0.316. The predicted molar refractivity (Wildman–Crippen MR) is 150 cm³/mol. The van der Waals surface area contributed by atoms with Gasteiger partial charge in [-0.05, 0) is 55.0 Å². The molecule has 1 saturated heterocycles. The fourth-order valence-corrected chi connectivity index (χ4v) is 5.60. The third kappa shape index (κ3) is 5.47. The van der Waals surface area contributed by atoms with Crippen molar-refractivity contribution >= 4 is 50.8 Å². The average Bonchev–Trinajstić information content (AvgIpc) is 3.56. The van der Waals surface area contributed by atoms with E-state index in [1.54, 1.807) is 47.0 Å². The Balaban J connectivity index is 1.49. The molecule has 1 fully saturated rings. The summed E-state index contributed by atoms with van der Waals surface area (Å²) in [5.74, 6) is 0.403. The highest BCUT2D eigenvalue weighted by Gasteiger charge is 2.26. The first kappa shape index (κ1) is 26.4. The Morgan fingerprint density at radius 1 is 1.16 bits per heavy atom. The number of benzene rings is 2. The molecule has 2 aromatic carbocycles. The number of aromatic nitrogens is 2. The van der Waals surface area contributed by atoms with E-state index in [0.717, 1.165) is 36.1 Å². The van der Waals surface area contributed by atoms with Crippen molar-refractivity contribution < 1.29 is 19.1 Å². The minimum atomic E-state index is -0.183. The molecule has 1 aliphatic heterocycles. The molecule has 0 N–H and O–H groups in total. The first-order chi connectivity index (χ1) is 18.5. The molecule has 38 heavy (non-hydrogen) atoms. The number of ether oxygens (including phenoxy) is 2. The zero-order valence-corrected chi connectivity index (χ0v) is 22.9. The van der Waals surface area contributed by atoms with Crippen molar-refractivity contribution in [3.63, 3.8) is 0 Å². The average molecular weight is 553 g/mol. The molecular formula is C28H29ClN4O4S. The van der Waals surface area contributed by atoms with E-state index < -0.39 is 0 Å². The maximum absolute atomic E-state index is 13.8. The molecule has 5 rings (SSSR count). The Kier molecular flexibility index (Phi) is 8.09. The van der Waals surface area contributed by atoms with Crippen LogP contribution in [0.15, 0.2) is 54.0 Å². The summed E-state index contributed by atoms with van der Waals surface area (Å²) in [7, 11) is 1.60. The number of carbonyl (C=O) groups is 2. The van der Waals surface area contributed by atoms with Crippen LogP contribution < -0.4 is 9.64 Å². The summed E-state index contributed by atoms with van der Waals surface area (Å²) in [5, 5.41) is 3.91. The molecule has 0 bridgehead atoms. The van der Waals surface area contributed by atoms with Crippen LogP contribution in [0.1, 0.15) is 21.6 Å². The van der Waals surface area contributed by atoms with Crippen LogP contribution in [-0.2, 0) is 16.0 Å². The van der Waals surface area contributed by atoms with E-state index in [1.807, 2.05) is 30.5 Å². The Hall–Kier alpha value is -3.24. The van der Waals surface area contributed by atoms with Gasteiger partial charge in [0, 0.05) is 59.4 Å². The highest BCUT2D eigenvalue weighted by Crippen LogP contribution is 2.32. The van der Waals surface area contributed by atoms with Gasteiger partial charge >= 0.3 is 0 Å². The van der Waals surface area contributed by atoms with Gasteiger partial charge in [-0.3, -0.25) is 24.0 Å². The Bertz CT molecular complexity index is 1430. The van der Waals surface area contributed by atoms with Gasteiger partial charge in [-0.15, -0.1) is 11.3 Å². The maximum Gasteiger partial charge on any atom is 0.262 e. The number of hydrogen-bond acceptors (Lipinski definition) is 7. The molecular weight excluding hydrogens is 524 g/mol. The monoisotopic (exact) mass is 552 g/mol. The highest BCUT2D eigenvalue weighted by molar-refractivity contribution is 7.13. The van der Waals surface area contributed by atoms with Crippen LogP contribution in [0.25, 0.3) is 10.9 Å². The van der Waals surface area contributed by atoms with E-state index >= 15 is 0 Å². The number of amides is 1. The Morgan fingerprint density at radius 3 is 2.61 bits per heavy atom. The van der Waals surface area contributed by atoms with Crippen molar-refractivity contribution in [3.8, 4) is 5.75 Å². The molecule has 0 atom stereocenters. The first-order valence-corrected chi connectivity index (χ1v) is 13.7. The third-order valence-corrected chi connectivity index (χ3v) is 7.91. The molecule has 0 radical (unpaired) electrons. The van der Waals surface area contributed by atoms with E-state index in [4.69, 9.17) is 21.1 Å². The molecule has 4 aromatic rings. The number of morpholine rings is 1. The number of thiazole rings is 1. The van der Waals surface area contributed by atoms with Gasteiger partial charge in [-0.25, -0.2) is 4.98 Å². The molecule has 1 aliphatic rings. The summed E-state index contributed by atoms with van der Waals surface area (Å²) in [6, 6.07) is 12.4. The van der Waals surface area contributed by atoms with E-state index in [9.17, 15) is 9.59 Å². The molecule has 1 amide bonds. The second-order valence-electron chi connectivity index (χ2n) is 9.09. The number of rotatable bonds is 8. The lowest BCUT2D eigenvalue weighted by molar-refractivity contribution is -0.118. The summed E-state index contributed by atoms with van der Waals surface area (Å²) in [5.41, 5.74) is 2.74. The van der Waals surface area contributed by atoms with E-state index in [0.29, 0.717) is 46.9 Å². The van der Waals surface area contributed by atoms with Gasteiger partial charge in [0.1, 0.15) is 5.75 Å². The van der Waals surface area contributed by atoms with E-state index in [1.165, 1.54) is 11.3 Å². The fraction of sp³-hybridized carbons (Fsp3) is 0.321. The standard InChI is InChI=1S/C28H29ClN4O4S/c1-19-23(18-26(34)32(28-30-9-16-38-28)11-10-31-12-14-37-15-13-31)24-17-22(36-2)7-8-25(24)33(19)27(35)20-3-5-21(29)6-4-20/h3-9,16-17H,10-15,18H2,1-2H3. The molecule has 3 heterocycles. The first-order valence-electron chi connectivity index (χ1n) is 12.4. The molecule has 2 aromatic heterocycles. The van der Waals surface area contributed by atoms with Crippen LogP contribution >= 0.6 is 22.9 Å². The number of methoxy groups -OCH3 is 1. The van der Waals surface area contributed by atoms with E-state index in [-0.39, 0.29) is 18.2 Å². The zero-order valence-electron chi connectivity index (χ0n) is 21.4. The summed E-state index contributed by atoms with van der Waals surface area (Å²) in [6.45, 7) is 6.23. The maximum atomic E-state index is 13.8. The molecule has 10 heteroatoms. The normalized spacial score (nSPS) is 14.1. The molecule has 0 unspecified atom stereocenters. The van der Waals surface area contributed by atoms with Gasteiger partial charge in [0.15, 0.2) is 5.13 Å². The Morgan fingerprint density at radius 2 is 1.92 bits per heavy atom. The number of fused-ring (bicyclic) bond motifs is 1. The summed E-state index contributed by atoms with van der Waals surface area (Å²) in [4.78, 5) is 35.9. The SMILES string of the molecule is COc1ccc2c(c1)c(CC(=O)N(CCN1CCOCC1)c1nccs1)c(C)n2C(=O)c1ccc(Cl)cc1. The summed E-state index contributed by atoms with van der Waals surface area (Å²) >= 11 is 7.48. The molecule has 0 spiro atoms. The van der Waals surface area contributed by atoms with Gasteiger partial charge in [0.2, 0.25) is 5.91 Å². The minimum absolute atomic E-state index is 0.0721. The predicted octanol–water partition coefficient (Wildman–Crippen LogP) is 4.66. The van der Waals surface area contributed by atoms with Crippen molar-refractivity contribution in [1.29, 1.82) is 0 Å². The second kappa shape index (κ2) is 11.7. The molecule has 0 saturated carbocycles. The van der Waals surface area contributed by atoms with Crippen molar-refractivity contribution in [1.82, 2.24) is 14.5 Å². The third-order valence-electron chi connectivity index (χ3n) is 6.86. The zero-order chi connectivity index (χ0) is 26.6. The van der Waals surface area contributed by atoms with Gasteiger partial charge < -0.3 is 9.47 Å². The van der Waals surface area contributed by atoms with Crippen LogP contribution in [0.4, 0.5) is 5.13 Å². The molecule has 198 valence electrons. The van der Waals surface area contributed by atoms with Crippen molar-refractivity contribution in [2.75, 3.05) is 51.4 Å². The lowest BCUT2D eigenvalue weighted by Crippen LogP contribution is -2.43. The van der Waals surface area contributed by atoms with Gasteiger partial charge in [0.05, 0.1) is 32.3 Å². The van der Waals surface area contributed by atoms with Crippen LogP contribution in [-0.4, -0.2) is 72.8 Å². The summed E-state index contributed by atoms with van der Waals surface area (Å²) < 4.78 is 12.6. The molecule has 8 nitrogen and oxygen atoms in total. The Labute approximate surface area is 230 Å². The fourth-order valence-electron chi connectivity index (χ4n) is 4.78. The summed E-state index contributed by atoms with van der Waals surface area (Å²) in [6.07, 6.45) is 1.83. The minimum Gasteiger partial charge on any atom is -0.497 e. The van der Waals surface area contributed by atoms with E-state index in [2.05, 4.69) is 9.88 Å². The smallest absolute Gasteiger partial charge is 0.262 e. The number of halogens is 1. The number of anilines is 1. The number of hydrogen-bond donors (Lipinski definition) is 0. The second-order valence-corrected chi connectivity index (χ2v) is 10.4. The van der Waals surface area contributed by atoms with Crippen LogP contribution in [0.3, 0.4) is 0 Å². The topological polar surface area (TPSA) is 76.9 Å². The van der Waals surface area contributed by atoms with Gasteiger partial charge in [-0.1, -0.05) is 11.6 Å². The van der Waals surface area contributed by atoms with Gasteiger partial charge in [-0.2, -0.15) is 0 Å². The van der Waals surface area contributed by atoms with Crippen LogP contribution in [0.2, 0.25) is 5.02 Å². The number of carbonyl (C=O) groups excluding carboxylic acids is 2. The van der Waals surface area contributed by atoms with Gasteiger partial charge in [0.25, 0.3) is 5.91 Å². The lowest BCUT2D eigenvalue weighted by atomic mass is 10.1.